The molecule has 0 unspecified atom stereocenters. The summed E-state index contributed by atoms with van der Waals surface area (Å²) in [5.74, 6) is 0.851. The third kappa shape index (κ3) is 4.49. The van der Waals surface area contributed by atoms with E-state index in [4.69, 9.17) is 11.6 Å². The molecule has 1 aromatic heterocycles. The van der Waals surface area contributed by atoms with Crippen molar-refractivity contribution in [2.75, 3.05) is 20.6 Å². The molecule has 2 aromatic rings. The SMILES string of the molecule is CN=C(NCCc1cnn(C)c1)N(C)Cc1ccccc1Cl. The molecule has 0 aliphatic carbocycles. The number of hydrogen-bond acceptors (Lipinski definition) is 2. The molecule has 0 bridgehead atoms. The molecule has 118 valence electrons. The van der Waals surface area contributed by atoms with Gasteiger partial charge in [-0.1, -0.05) is 29.8 Å². The summed E-state index contributed by atoms with van der Waals surface area (Å²) in [6, 6.07) is 7.87. The first kappa shape index (κ1) is 16.4. The molecule has 1 heterocycles. The van der Waals surface area contributed by atoms with Gasteiger partial charge in [0.2, 0.25) is 0 Å². The lowest BCUT2D eigenvalue weighted by Gasteiger charge is -2.22. The van der Waals surface area contributed by atoms with E-state index in [9.17, 15) is 0 Å². The second kappa shape index (κ2) is 7.84. The van der Waals surface area contributed by atoms with Gasteiger partial charge in [0.1, 0.15) is 0 Å². The van der Waals surface area contributed by atoms with Crippen molar-refractivity contribution in [1.82, 2.24) is 20.0 Å². The Balaban J connectivity index is 1.87. The predicted octanol–water partition coefficient (Wildman–Crippen LogP) is 2.32. The lowest BCUT2D eigenvalue weighted by molar-refractivity contribution is 0.477. The number of aryl methyl sites for hydroxylation is 1. The highest BCUT2D eigenvalue weighted by Crippen LogP contribution is 2.16. The maximum absolute atomic E-state index is 6.21. The minimum absolute atomic E-state index is 0.715. The van der Waals surface area contributed by atoms with Gasteiger partial charge in [-0.05, 0) is 23.6 Å². The van der Waals surface area contributed by atoms with Crippen LogP contribution in [0.5, 0.6) is 0 Å². The molecule has 1 aromatic carbocycles. The highest BCUT2D eigenvalue weighted by atomic mass is 35.5. The molecular formula is C16H22ClN5. The third-order valence-corrected chi connectivity index (χ3v) is 3.76. The fourth-order valence-electron chi connectivity index (χ4n) is 2.26. The number of guanidine groups is 1. The van der Waals surface area contributed by atoms with Gasteiger partial charge in [-0.25, -0.2) is 0 Å². The van der Waals surface area contributed by atoms with Gasteiger partial charge in [0.15, 0.2) is 5.96 Å². The van der Waals surface area contributed by atoms with Gasteiger partial charge >= 0.3 is 0 Å². The van der Waals surface area contributed by atoms with E-state index in [0.717, 1.165) is 29.5 Å². The summed E-state index contributed by atoms with van der Waals surface area (Å²) < 4.78 is 1.81. The van der Waals surface area contributed by atoms with Crippen molar-refractivity contribution >= 4 is 17.6 Å². The minimum Gasteiger partial charge on any atom is -0.356 e. The molecule has 0 atom stereocenters. The highest BCUT2D eigenvalue weighted by molar-refractivity contribution is 6.31. The lowest BCUT2D eigenvalue weighted by atomic mass is 10.2. The molecule has 6 heteroatoms. The molecule has 0 spiro atoms. The van der Waals surface area contributed by atoms with Crippen LogP contribution in [0.2, 0.25) is 5.02 Å². The van der Waals surface area contributed by atoms with Crippen molar-refractivity contribution in [2.45, 2.75) is 13.0 Å². The summed E-state index contributed by atoms with van der Waals surface area (Å²) in [5, 5.41) is 8.31. The van der Waals surface area contributed by atoms with Crippen molar-refractivity contribution in [1.29, 1.82) is 0 Å². The van der Waals surface area contributed by atoms with Crippen LogP contribution in [0.25, 0.3) is 0 Å². The Labute approximate surface area is 136 Å². The fourth-order valence-corrected chi connectivity index (χ4v) is 2.46. The highest BCUT2D eigenvalue weighted by Gasteiger charge is 2.08. The van der Waals surface area contributed by atoms with Crippen molar-refractivity contribution in [3.05, 3.63) is 52.8 Å². The second-order valence-electron chi connectivity index (χ2n) is 5.19. The molecule has 1 N–H and O–H groups in total. The Kier molecular flexibility index (Phi) is 5.83. The number of benzene rings is 1. The fraction of sp³-hybridized carbons (Fsp3) is 0.375. The first-order valence-corrected chi connectivity index (χ1v) is 7.60. The van der Waals surface area contributed by atoms with E-state index in [0.29, 0.717) is 6.54 Å². The Bertz CT molecular complexity index is 635. The van der Waals surface area contributed by atoms with E-state index in [1.807, 2.05) is 55.4 Å². The summed E-state index contributed by atoms with van der Waals surface area (Å²) >= 11 is 6.21. The van der Waals surface area contributed by atoms with E-state index < -0.39 is 0 Å². The molecule has 2 rings (SSSR count). The Morgan fingerprint density at radius 2 is 2.18 bits per heavy atom. The van der Waals surface area contributed by atoms with Crippen LogP contribution in [0.4, 0.5) is 0 Å². The second-order valence-corrected chi connectivity index (χ2v) is 5.60. The zero-order valence-corrected chi connectivity index (χ0v) is 14.0. The van der Waals surface area contributed by atoms with Gasteiger partial charge in [-0.3, -0.25) is 9.67 Å². The van der Waals surface area contributed by atoms with Gasteiger partial charge in [-0.15, -0.1) is 0 Å². The predicted molar refractivity (Wildman–Crippen MR) is 91.2 cm³/mol. The van der Waals surface area contributed by atoms with Crippen LogP contribution in [0.15, 0.2) is 41.7 Å². The molecule has 0 saturated carbocycles. The monoisotopic (exact) mass is 319 g/mol. The number of rotatable bonds is 5. The standard InChI is InChI=1S/C16H22ClN5/c1-18-16(19-9-8-13-10-20-22(3)11-13)21(2)12-14-6-4-5-7-15(14)17/h4-7,10-11H,8-9,12H2,1-3H3,(H,18,19). The molecule has 0 saturated heterocycles. The van der Waals surface area contributed by atoms with E-state index in [1.165, 1.54) is 5.56 Å². The number of nitrogens with zero attached hydrogens (tertiary/aromatic N) is 4. The number of aromatic nitrogens is 2. The van der Waals surface area contributed by atoms with E-state index >= 15 is 0 Å². The Morgan fingerprint density at radius 1 is 1.41 bits per heavy atom. The topological polar surface area (TPSA) is 45.5 Å². The average Bonchev–Trinajstić information content (AvgIpc) is 2.91. The maximum atomic E-state index is 6.21. The minimum atomic E-state index is 0.715. The summed E-state index contributed by atoms with van der Waals surface area (Å²) in [6.07, 6.45) is 4.82. The van der Waals surface area contributed by atoms with Crippen LogP contribution in [-0.4, -0.2) is 41.3 Å². The van der Waals surface area contributed by atoms with Gasteiger partial charge in [0, 0.05) is 45.5 Å². The average molecular weight is 320 g/mol. The largest absolute Gasteiger partial charge is 0.356 e. The Morgan fingerprint density at radius 3 is 2.82 bits per heavy atom. The molecule has 0 aliphatic rings. The maximum Gasteiger partial charge on any atom is 0.193 e. The van der Waals surface area contributed by atoms with Crippen molar-refractivity contribution in [3.63, 3.8) is 0 Å². The van der Waals surface area contributed by atoms with Crippen LogP contribution < -0.4 is 5.32 Å². The van der Waals surface area contributed by atoms with Crippen molar-refractivity contribution in [3.8, 4) is 0 Å². The number of halogens is 1. The smallest absolute Gasteiger partial charge is 0.193 e. The van der Waals surface area contributed by atoms with E-state index in [1.54, 1.807) is 7.05 Å². The molecule has 5 nitrogen and oxygen atoms in total. The van der Waals surface area contributed by atoms with Crippen molar-refractivity contribution < 1.29 is 0 Å². The van der Waals surface area contributed by atoms with E-state index in [2.05, 4.69) is 20.3 Å². The molecule has 22 heavy (non-hydrogen) atoms. The summed E-state index contributed by atoms with van der Waals surface area (Å²) in [4.78, 5) is 6.38. The molecule has 0 amide bonds. The molecular weight excluding hydrogens is 298 g/mol. The Hall–Kier alpha value is -2.01. The number of hydrogen-bond donors (Lipinski definition) is 1. The summed E-state index contributed by atoms with van der Waals surface area (Å²) in [5.41, 5.74) is 2.29. The first-order chi connectivity index (χ1) is 10.6. The van der Waals surface area contributed by atoms with Crippen LogP contribution in [0.3, 0.4) is 0 Å². The van der Waals surface area contributed by atoms with Crippen LogP contribution in [-0.2, 0) is 20.0 Å². The van der Waals surface area contributed by atoms with Crippen LogP contribution in [0, 0.1) is 0 Å². The number of aliphatic imine (C=N–C) groups is 1. The summed E-state index contributed by atoms with van der Waals surface area (Å²) in [6.45, 7) is 1.53. The zero-order valence-electron chi connectivity index (χ0n) is 13.3. The molecule has 0 radical (unpaired) electrons. The van der Waals surface area contributed by atoms with Gasteiger partial charge in [0.25, 0.3) is 0 Å². The molecule has 0 aliphatic heterocycles. The van der Waals surface area contributed by atoms with Crippen LogP contribution in [0.1, 0.15) is 11.1 Å². The van der Waals surface area contributed by atoms with Gasteiger partial charge < -0.3 is 10.2 Å². The third-order valence-electron chi connectivity index (χ3n) is 3.39. The van der Waals surface area contributed by atoms with Gasteiger partial charge in [-0.2, -0.15) is 5.10 Å². The summed E-state index contributed by atoms with van der Waals surface area (Å²) in [7, 11) is 5.71. The van der Waals surface area contributed by atoms with Crippen molar-refractivity contribution in [2.24, 2.45) is 12.0 Å². The first-order valence-electron chi connectivity index (χ1n) is 7.23. The quantitative estimate of drug-likeness (QED) is 0.679. The molecule has 0 fully saturated rings. The van der Waals surface area contributed by atoms with Crippen LogP contribution >= 0.6 is 11.6 Å². The zero-order chi connectivity index (χ0) is 15.9. The number of nitrogens with one attached hydrogen (secondary N) is 1. The lowest BCUT2D eigenvalue weighted by Crippen LogP contribution is -2.39. The van der Waals surface area contributed by atoms with Gasteiger partial charge in [0.05, 0.1) is 6.20 Å². The van der Waals surface area contributed by atoms with E-state index in [-0.39, 0.29) is 0 Å². The normalized spacial score (nSPS) is 11.5.